The molecule has 1 unspecified atom stereocenters. The number of aliphatic hydroxyl groups is 1. The highest BCUT2D eigenvalue weighted by Crippen LogP contribution is 2.25. The van der Waals surface area contributed by atoms with E-state index in [1.54, 1.807) is 0 Å². The lowest BCUT2D eigenvalue weighted by molar-refractivity contribution is -0.930. The fourth-order valence-corrected chi connectivity index (χ4v) is 2.51. The predicted octanol–water partition coefficient (Wildman–Crippen LogP) is 3.39. The fourth-order valence-electron chi connectivity index (χ4n) is 2.51. The average molecular weight is 270 g/mol. The maximum Gasteiger partial charge on any atom is 0.130 e. The van der Waals surface area contributed by atoms with Gasteiger partial charge in [0.25, 0.3) is 0 Å². The van der Waals surface area contributed by atoms with Gasteiger partial charge in [0.1, 0.15) is 18.7 Å². The van der Waals surface area contributed by atoms with Crippen molar-refractivity contribution >= 4 is 0 Å². The van der Waals surface area contributed by atoms with Crippen LogP contribution in [0.15, 0.2) is 60.7 Å². The van der Waals surface area contributed by atoms with E-state index in [1.807, 2.05) is 36.4 Å². The van der Waals surface area contributed by atoms with Crippen molar-refractivity contribution in [3.63, 3.8) is 0 Å². The monoisotopic (exact) mass is 270 g/mol. The van der Waals surface area contributed by atoms with Gasteiger partial charge in [0, 0.05) is 5.56 Å². The van der Waals surface area contributed by atoms with E-state index >= 15 is 0 Å². The highest BCUT2D eigenvalue weighted by Gasteiger charge is 2.31. The van der Waals surface area contributed by atoms with E-state index in [9.17, 15) is 5.11 Å². The van der Waals surface area contributed by atoms with Gasteiger partial charge in [-0.1, -0.05) is 60.7 Å². The predicted molar refractivity (Wildman–Crippen MR) is 83.1 cm³/mol. The van der Waals surface area contributed by atoms with Crippen LogP contribution in [0.1, 0.15) is 24.2 Å². The number of likely N-dealkylation sites (N-methyl/N-ethyl adjacent to an activating group) is 1. The highest BCUT2D eigenvalue weighted by atomic mass is 16.3. The Balaban J connectivity index is 2.12. The Labute approximate surface area is 121 Å². The van der Waals surface area contributed by atoms with E-state index in [0.29, 0.717) is 0 Å². The van der Waals surface area contributed by atoms with Crippen LogP contribution in [-0.2, 0) is 6.54 Å². The van der Waals surface area contributed by atoms with E-state index in [0.717, 1.165) is 16.6 Å². The summed E-state index contributed by atoms with van der Waals surface area (Å²) in [5, 5.41) is 10.6. The molecule has 0 saturated carbocycles. The molecule has 2 heteroatoms. The zero-order valence-electron chi connectivity index (χ0n) is 12.5. The maximum atomic E-state index is 10.6. The molecular formula is C18H24NO+. The second kappa shape index (κ2) is 6.21. The molecule has 2 rings (SSSR count). The summed E-state index contributed by atoms with van der Waals surface area (Å²) < 4.78 is 0.750. The van der Waals surface area contributed by atoms with Gasteiger partial charge >= 0.3 is 0 Å². The van der Waals surface area contributed by atoms with Gasteiger partial charge in [-0.05, 0) is 12.5 Å². The van der Waals surface area contributed by atoms with Gasteiger partial charge in [-0.3, -0.25) is 0 Å². The number of aliphatic hydroxyl groups excluding tert-OH is 1. The molecule has 0 amide bonds. The Morgan fingerprint density at radius 3 is 1.95 bits per heavy atom. The molecule has 0 bridgehead atoms. The summed E-state index contributed by atoms with van der Waals surface area (Å²) in [6.45, 7) is 3.02. The highest BCUT2D eigenvalue weighted by molar-refractivity contribution is 5.18. The minimum Gasteiger partial charge on any atom is -0.382 e. The van der Waals surface area contributed by atoms with Gasteiger partial charge < -0.3 is 9.59 Å². The zero-order valence-corrected chi connectivity index (χ0v) is 12.5. The molecule has 0 aliphatic heterocycles. The quantitative estimate of drug-likeness (QED) is 0.826. The van der Waals surface area contributed by atoms with E-state index < -0.39 is 6.10 Å². The molecule has 2 atom stereocenters. The topological polar surface area (TPSA) is 20.2 Å². The van der Waals surface area contributed by atoms with E-state index in [4.69, 9.17) is 0 Å². The van der Waals surface area contributed by atoms with Gasteiger partial charge in [-0.15, -0.1) is 0 Å². The summed E-state index contributed by atoms with van der Waals surface area (Å²) in [7, 11) is 4.34. The number of quaternary nitrogens is 1. The average Bonchev–Trinajstić information content (AvgIpc) is 2.47. The van der Waals surface area contributed by atoms with Crippen molar-refractivity contribution in [3.05, 3.63) is 71.8 Å². The third-order valence-corrected chi connectivity index (χ3v) is 4.13. The van der Waals surface area contributed by atoms with Crippen LogP contribution in [0.3, 0.4) is 0 Å². The molecule has 0 aromatic heterocycles. The van der Waals surface area contributed by atoms with Crippen LogP contribution in [0, 0.1) is 0 Å². The van der Waals surface area contributed by atoms with Crippen LogP contribution < -0.4 is 0 Å². The molecule has 0 fully saturated rings. The molecule has 0 saturated heterocycles. The van der Waals surface area contributed by atoms with E-state index in [1.165, 1.54) is 5.56 Å². The molecule has 20 heavy (non-hydrogen) atoms. The zero-order chi connectivity index (χ0) is 14.6. The van der Waals surface area contributed by atoms with Gasteiger partial charge in [0.05, 0.1) is 14.1 Å². The first-order valence-corrected chi connectivity index (χ1v) is 7.10. The summed E-state index contributed by atoms with van der Waals surface area (Å²) in [4.78, 5) is 0. The Morgan fingerprint density at radius 2 is 1.40 bits per heavy atom. The molecule has 2 aromatic carbocycles. The molecule has 106 valence electrons. The SMILES string of the molecule is C[C@@H](C(O)c1ccccc1)[N+](C)(C)Cc1ccccc1. The number of rotatable bonds is 5. The van der Waals surface area contributed by atoms with Gasteiger partial charge in [-0.25, -0.2) is 0 Å². The molecule has 0 heterocycles. The number of benzene rings is 2. The van der Waals surface area contributed by atoms with Crippen LogP contribution in [-0.4, -0.2) is 29.7 Å². The molecule has 0 aliphatic carbocycles. The minimum atomic E-state index is -0.449. The van der Waals surface area contributed by atoms with Crippen molar-refractivity contribution in [1.29, 1.82) is 0 Å². The largest absolute Gasteiger partial charge is 0.382 e. The summed E-state index contributed by atoms with van der Waals surface area (Å²) in [6, 6.07) is 20.5. The second-order valence-corrected chi connectivity index (χ2v) is 6.02. The van der Waals surface area contributed by atoms with Crippen molar-refractivity contribution in [2.24, 2.45) is 0 Å². The summed E-state index contributed by atoms with van der Waals surface area (Å²) >= 11 is 0. The molecule has 0 spiro atoms. The second-order valence-electron chi connectivity index (χ2n) is 6.02. The standard InChI is InChI=1S/C18H24NO/c1-15(18(20)17-12-8-5-9-13-17)19(2,3)14-16-10-6-4-7-11-16/h4-13,15,18,20H,14H2,1-3H3/q+1/t15-,18?/m0/s1. The van der Waals surface area contributed by atoms with Gasteiger partial charge in [0.2, 0.25) is 0 Å². The Kier molecular flexibility index (Phi) is 4.58. The van der Waals surface area contributed by atoms with Crippen molar-refractivity contribution in [1.82, 2.24) is 0 Å². The lowest BCUT2D eigenvalue weighted by Gasteiger charge is -2.38. The third kappa shape index (κ3) is 3.47. The third-order valence-electron chi connectivity index (χ3n) is 4.13. The minimum absolute atomic E-state index is 0.123. The lowest BCUT2D eigenvalue weighted by Crippen LogP contribution is -2.49. The van der Waals surface area contributed by atoms with Gasteiger partial charge in [-0.2, -0.15) is 0 Å². The Hall–Kier alpha value is -1.64. The normalized spacial score (nSPS) is 14.8. The van der Waals surface area contributed by atoms with Gasteiger partial charge in [0.15, 0.2) is 0 Å². The Bertz CT molecular complexity index is 522. The van der Waals surface area contributed by atoms with Crippen LogP contribution >= 0.6 is 0 Å². The number of hydrogen-bond donors (Lipinski definition) is 1. The van der Waals surface area contributed by atoms with Crippen LogP contribution in [0.5, 0.6) is 0 Å². The first kappa shape index (κ1) is 14.8. The first-order valence-electron chi connectivity index (χ1n) is 7.10. The summed E-state index contributed by atoms with van der Waals surface area (Å²) in [6.07, 6.45) is -0.449. The van der Waals surface area contributed by atoms with E-state index in [2.05, 4.69) is 45.3 Å². The lowest BCUT2D eigenvalue weighted by atomic mass is 10.0. The Morgan fingerprint density at radius 1 is 0.900 bits per heavy atom. The fraction of sp³-hybridized carbons (Fsp3) is 0.333. The first-order chi connectivity index (χ1) is 9.50. The van der Waals surface area contributed by atoms with Crippen molar-refractivity contribution < 1.29 is 9.59 Å². The van der Waals surface area contributed by atoms with E-state index in [-0.39, 0.29) is 6.04 Å². The molecular weight excluding hydrogens is 246 g/mol. The molecule has 0 radical (unpaired) electrons. The molecule has 1 N–H and O–H groups in total. The molecule has 2 nitrogen and oxygen atoms in total. The van der Waals surface area contributed by atoms with Crippen LogP contribution in [0.2, 0.25) is 0 Å². The maximum absolute atomic E-state index is 10.6. The summed E-state index contributed by atoms with van der Waals surface area (Å²) in [5.74, 6) is 0. The van der Waals surface area contributed by atoms with Crippen LogP contribution in [0.25, 0.3) is 0 Å². The number of hydrogen-bond acceptors (Lipinski definition) is 1. The van der Waals surface area contributed by atoms with Crippen molar-refractivity contribution in [2.75, 3.05) is 14.1 Å². The molecule has 2 aromatic rings. The summed E-state index contributed by atoms with van der Waals surface area (Å²) in [5.41, 5.74) is 2.28. The van der Waals surface area contributed by atoms with Crippen LogP contribution in [0.4, 0.5) is 0 Å². The number of nitrogens with zero attached hydrogens (tertiary/aromatic N) is 1. The molecule has 0 aliphatic rings. The smallest absolute Gasteiger partial charge is 0.130 e. The van der Waals surface area contributed by atoms with Crippen molar-refractivity contribution in [3.8, 4) is 0 Å². The van der Waals surface area contributed by atoms with Crippen molar-refractivity contribution in [2.45, 2.75) is 25.6 Å².